The molecule has 7 nitrogen and oxygen atoms in total. The molecule has 7 heteroatoms. The van der Waals surface area contributed by atoms with Crippen LogP contribution in [0.3, 0.4) is 0 Å². The van der Waals surface area contributed by atoms with E-state index >= 15 is 0 Å². The molecule has 2 amide bonds. The van der Waals surface area contributed by atoms with E-state index in [0.29, 0.717) is 16.9 Å². The molecule has 0 aliphatic carbocycles. The standard InChI is InChI=1S/C20H20N2O5/c1-27-16-9-7-15(8-10-16)19(25)22-17(13-14-5-3-2-4-6-14)20(26)21-12-11-18(23)24/h2-10,13H,11-12H2,1H3,(H,21,26)(H,22,25)(H,23,24)/p-1/b17-13-. The van der Waals surface area contributed by atoms with Gasteiger partial charge in [-0.05, 0) is 35.9 Å². The maximum atomic E-state index is 12.5. The molecule has 0 aromatic heterocycles. The second-order valence-electron chi connectivity index (χ2n) is 5.53. The first kappa shape index (κ1) is 19.7. The average Bonchev–Trinajstić information content (AvgIpc) is 2.68. The quantitative estimate of drug-likeness (QED) is 0.669. The lowest BCUT2D eigenvalue weighted by atomic mass is 10.1. The molecule has 2 rings (SSSR count). The first-order valence-electron chi connectivity index (χ1n) is 8.20. The zero-order chi connectivity index (χ0) is 19.6. The van der Waals surface area contributed by atoms with Gasteiger partial charge in [0.05, 0.1) is 7.11 Å². The van der Waals surface area contributed by atoms with Gasteiger partial charge in [0.25, 0.3) is 11.8 Å². The second kappa shape index (κ2) is 9.76. The van der Waals surface area contributed by atoms with Gasteiger partial charge < -0.3 is 25.3 Å². The Kier molecular flexibility index (Phi) is 7.13. The molecule has 140 valence electrons. The molecular weight excluding hydrogens is 348 g/mol. The summed E-state index contributed by atoms with van der Waals surface area (Å²) in [6, 6.07) is 15.4. The van der Waals surface area contributed by atoms with Crippen molar-refractivity contribution in [3.05, 3.63) is 71.4 Å². The smallest absolute Gasteiger partial charge is 0.267 e. The number of hydrogen-bond acceptors (Lipinski definition) is 5. The van der Waals surface area contributed by atoms with Gasteiger partial charge in [-0.3, -0.25) is 9.59 Å². The number of ether oxygens (including phenoxy) is 1. The number of carboxylic acids is 1. The Morgan fingerprint density at radius 1 is 1.04 bits per heavy atom. The molecule has 0 unspecified atom stereocenters. The molecular formula is C20H19N2O5-. The number of carboxylic acid groups (broad SMARTS) is 1. The summed E-state index contributed by atoms with van der Waals surface area (Å²) in [6.07, 6.45) is 1.19. The molecule has 0 saturated carbocycles. The zero-order valence-electron chi connectivity index (χ0n) is 14.7. The average molecular weight is 367 g/mol. The minimum atomic E-state index is -1.27. The number of nitrogens with one attached hydrogen (secondary N) is 2. The number of rotatable bonds is 8. The molecule has 0 aliphatic rings. The van der Waals surface area contributed by atoms with E-state index in [1.807, 2.05) is 6.07 Å². The molecule has 0 atom stereocenters. The topological polar surface area (TPSA) is 108 Å². The molecule has 0 aliphatic heterocycles. The summed E-state index contributed by atoms with van der Waals surface area (Å²) in [4.78, 5) is 35.3. The molecule has 2 N–H and O–H groups in total. The molecule has 27 heavy (non-hydrogen) atoms. The van der Waals surface area contributed by atoms with Crippen LogP contribution in [-0.2, 0) is 9.59 Å². The first-order chi connectivity index (χ1) is 13.0. The van der Waals surface area contributed by atoms with E-state index in [1.165, 1.54) is 13.2 Å². The van der Waals surface area contributed by atoms with E-state index in [1.54, 1.807) is 48.5 Å². The summed E-state index contributed by atoms with van der Waals surface area (Å²) in [6.45, 7) is -0.105. The molecule has 0 radical (unpaired) electrons. The van der Waals surface area contributed by atoms with E-state index in [-0.39, 0.29) is 18.7 Å². The van der Waals surface area contributed by atoms with Gasteiger partial charge in [-0.25, -0.2) is 0 Å². The lowest BCUT2D eigenvalue weighted by Gasteiger charge is -2.12. The van der Waals surface area contributed by atoms with Gasteiger partial charge in [0.1, 0.15) is 11.4 Å². The van der Waals surface area contributed by atoms with Gasteiger partial charge in [0, 0.05) is 24.5 Å². The Morgan fingerprint density at radius 2 is 1.70 bits per heavy atom. The van der Waals surface area contributed by atoms with Crippen molar-refractivity contribution in [3.8, 4) is 5.75 Å². The number of aliphatic carboxylic acids is 1. The summed E-state index contributed by atoms with van der Waals surface area (Å²) in [5.74, 6) is -1.74. The van der Waals surface area contributed by atoms with Crippen LogP contribution in [-0.4, -0.2) is 31.4 Å². The maximum absolute atomic E-state index is 12.5. The summed E-state index contributed by atoms with van der Waals surface area (Å²) in [7, 11) is 1.52. The minimum absolute atomic E-state index is 0.000339. The van der Waals surface area contributed by atoms with Gasteiger partial charge in [-0.15, -0.1) is 0 Å². The van der Waals surface area contributed by atoms with E-state index < -0.39 is 17.8 Å². The lowest BCUT2D eigenvalue weighted by molar-refractivity contribution is -0.305. The number of amides is 2. The third-order valence-corrected chi connectivity index (χ3v) is 3.57. The van der Waals surface area contributed by atoms with E-state index in [0.717, 1.165) is 0 Å². The molecule has 2 aromatic rings. The Balaban J connectivity index is 2.17. The SMILES string of the molecule is COc1ccc(C(=O)N/C(=C\c2ccccc2)C(=O)NCCC(=O)[O-])cc1. The van der Waals surface area contributed by atoms with Crippen molar-refractivity contribution in [2.24, 2.45) is 0 Å². The van der Waals surface area contributed by atoms with Crippen LogP contribution in [0.25, 0.3) is 6.08 Å². The fourth-order valence-corrected chi connectivity index (χ4v) is 2.18. The number of benzene rings is 2. The Morgan fingerprint density at radius 3 is 2.30 bits per heavy atom. The largest absolute Gasteiger partial charge is 0.550 e. The summed E-state index contributed by atoms with van der Waals surface area (Å²) < 4.78 is 5.05. The van der Waals surface area contributed by atoms with Crippen molar-refractivity contribution in [1.82, 2.24) is 10.6 Å². The summed E-state index contributed by atoms with van der Waals surface area (Å²) in [5.41, 5.74) is 1.05. The highest BCUT2D eigenvalue weighted by atomic mass is 16.5. The van der Waals surface area contributed by atoms with Crippen molar-refractivity contribution in [3.63, 3.8) is 0 Å². The third-order valence-electron chi connectivity index (χ3n) is 3.57. The minimum Gasteiger partial charge on any atom is -0.550 e. The number of methoxy groups -OCH3 is 1. The first-order valence-corrected chi connectivity index (χ1v) is 8.20. The van der Waals surface area contributed by atoms with Crippen molar-refractivity contribution in [2.75, 3.05) is 13.7 Å². The van der Waals surface area contributed by atoms with Crippen LogP contribution in [0.4, 0.5) is 0 Å². The van der Waals surface area contributed by atoms with Crippen LogP contribution in [0.5, 0.6) is 5.75 Å². The van der Waals surface area contributed by atoms with Gasteiger partial charge >= 0.3 is 0 Å². The van der Waals surface area contributed by atoms with E-state index in [9.17, 15) is 19.5 Å². The zero-order valence-corrected chi connectivity index (χ0v) is 14.7. The van der Waals surface area contributed by atoms with E-state index in [4.69, 9.17) is 4.74 Å². The van der Waals surface area contributed by atoms with Crippen LogP contribution in [0.2, 0.25) is 0 Å². The monoisotopic (exact) mass is 367 g/mol. The van der Waals surface area contributed by atoms with Crippen molar-refractivity contribution in [2.45, 2.75) is 6.42 Å². The third kappa shape index (κ3) is 6.32. The predicted molar refractivity (Wildman–Crippen MR) is 97.5 cm³/mol. The predicted octanol–water partition coefficient (Wildman–Crippen LogP) is 0.722. The Hall–Kier alpha value is -3.61. The normalized spacial score (nSPS) is 10.8. The highest BCUT2D eigenvalue weighted by molar-refractivity contribution is 6.05. The Labute approximate surface area is 156 Å². The number of carbonyl (C=O) groups is 3. The molecule has 0 saturated heterocycles. The van der Waals surface area contributed by atoms with Crippen molar-refractivity contribution < 1.29 is 24.2 Å². The van der Waals surface area contributed by atoms with Gasteiger partial charge in [0.2, 0.25) is 0 Å². The number of carbonyl (C=O) groups excluding carboxylic acids is 3. The van der Waals surface area contributed by atoms with Crippen LogP contribution in [0, 0.1) is 0 Å². The van der Waals surface area contributed by atoms with Crippen LogP contribution >= 0.6 is 0 Å². The fraction of sp³-hybridized carbons (Fsp3) is 0.150. The molecule has 0 bridgehead atoms. The lowest BCUT2D eigenvalue weighted by Crippen LogP contribution is -2.37. The summed E-state index contributed by atoms with van der Waals surface area (Å²) in [5, 5.41) is 15.5. The number of hydrogen-bond donors (Lipinski definition) is 2. The molecule has 0 fully saturated rings. The van der Waals surface area contributed by atoms with Crippen molar-refractivity contribution >= 4 is 23.9 Å². The van der Waals surface area contributed by atoms with Crippen molar-refractivity contribution in [1.29, 1.82) is 0 Å². The van der Waals surface area contributed by atoms with Crippen LogP contribution < -0.4 is 20.5 Å². The van der Waals surface area contributed by atoms with Gasteiger partial charge in [-0.1, -0.05) is 30.3 Å². The molecule has 0 heterocycles. The Bertz CT molecular complexity index is 829. The maximum Gasteiger partial charge on any atom is 0.267 e. The van der Waals surface area contributed by atoms with Crippen LogP contribution in [0.15, 0.2) is 60.3 Å². The second-order valence-corrected chi connectivity index (χ2v) is 5.53. The highest BCUT2D eigenvalue weighted by Crippen LogP contribution is 2.12. The fourth-order valence-electron chi connectivity index (χ4n) is 2.18. The molecule has 0 spiro atoms. The van der Waals surface area contributed by atoms with Gasteiger partial charge in [0.15, 0.2) is 0 Å². The van der Waals surface area contributed by atoms with E-state index in [2.05, 4.69) is 10.6 Å². The van der Waals surface area contributed by atoms with Crippen LogP contribution in [0.1, 0.15) is 22.3 Å². The summed E-state index contributed by atoms with van der Waals surface area (Å²) >= 11 is 0. The van der Waals surface area contributed by atoms with Gasteiger partial charge in [-0.2, -0.15) is 0 Å². The highest BCUT2D eigenvalue weighted by Gasteiger charge is 2.14. The molecule has 2 aromatic carbocycles.